The molecule has 0 spiro atoms. The summed E-state index contributed by atoms with van der Waals surface area (Å²) in [4.78, 5) is 6.92. The minimum Gasteiger partial charge on any atom is -0.309 e. The molecule has 1 aliphatic heterocycles. The van der Waals surface area contributed by atoms with Gasteiger partial charge in [0, 0.05) is 6.04 Å². The van der Waals surface area contributed by atoms with Crippen molar-refractivity contribution in [1.82, 2.24) is 15.2 Å². The zero-order valence-electron chi connectivity index (χ0n) is 11.9. The van der Waals surface area contributed by atoms with E-state index >= 15 is 0 Å². The highest BCUT2D eigenvalue weighted by atomic mass is 79.9. The summed E-state index contributed by atoms with van der Waals surface area (Å²) in [5.74, 6) is 0.895. The van der Waals surface area contributed by atoms with Crippen LogP contribution in [0.3, 0.4) is 0 Å². The maximum absolute atomic E-state index is 4.50. The molecular weight excluding hydrogens is 302 g/mol. The zero-order valence-corrected chi connectivity index (χ0v) is 13.5. The topological polar surface area (TPSA) is 28.2 Å². The van der Waals surface area contributed by atoms with Gasteiger partial charge < -0.3 is 10.2 Å². The van der Waals surface area contributed by atoms with E-state index in [0.29, 0.717) is 6.04 Å². The summed E-state index contributed by atoms with van der Waals surface area (Å²) in [7, 11) is 2.22. The van der Waals surface area contributed by atoms with Crippen molar-refractivity contribution in [2.75, 3.05) is 26.7 Å². The Labute approximate surface area is 124 Å². The Hall–Kier alpha value is -0.450. The summed E-state index contributed by atoms with van der Waals surface area (Å²) < 4.78 is 0.911. The van der Waals surface area contributed by atoms with Gasteiger partial charge in [0.15, 0.2) is 0 Å². The van der Waals surface area contributed by atoms with Gasteiger partial charge in [-0.15, -0.1) is 0 Å². The standard InChI is InChI=1S/C15H24BrN3/c1-12(14-4-3-5-15(16)18-14)17-9-6-13-7-10-19(2)11-8-13/h3-5,12-13,17H,6-11H2,1-2H3. The molecule has 0 aromatic carbocycles. The first-order chi connectivity index (χ1) is 9.15. The van der Waals surface area contributed by atoms with Crippen LogP contribution >= 0.6 is 15.9 Å². The molecule has 1 atom stereocenters. The average Bonchev–Trinajstić information content (AvgIpc) is 2.41. The van der Waals surface area contributed by atoms with Crippen molar-refractivity contribution in [3.8, 4) is 0 Å². The summed E-state index contributed by atoms with van der Waals surface area (Å²) in [6.45, 7) is 5.79. The van der Waals surface area contributed by atoms with E-state index in [0.717, 1.165) is 22.8 Å². The fourth-order valence-corrected chi connectivity index (χ4v) is 2.98. The molecule has 3 nitrogen and oxygen atoms in total. The largest absolute Gasteiger partial charge is 0.309 e. The average molecular weight is 326 g/mol. The van der Waals surface area contributed by atoms with Crippen LogP contribution in [0.5, 0.6) is 0 Å². The molecule has 1 N–H and O–H groups in total. The first kappa shape index (κ1) is 14.9. The van der Waals surface area contributed by atoms with Crippen LogP contribution in [0.2, 0.25) is 0 Å². The third kappa shape index (κ3) is 4.86. The molecule has 19 heavy (non-hydrogen) atoms. The lowest BCUT2D eigenvalue weighted by Crippen LogP contribution is -2.32. The van der Waals surface area contributed by atoms with E-state index in [1.807, 2.05) is 12.1 Å². The molecule has 1 saturated heterocycles. The van der Waals surface area contributed by atoms with Gasteiger partial charge in [-0.1, -0.05) is 6.07 Å². The second kappa shape index (κ2) is 7.36. The summed E-state index contributed by atoms with van der Waals surface area (Å²) in [6, 6.07) is 6.41. The van der Waals surface area contributed by atoms with Crippen LogP contribution < -0.4 is 5.32 Å². The normalized spacial score (nSPS) is 19.5. The first-order valence-electron chi connectivity index (χ1n) is 7.19. The Morgan fingerprint density at radius 1 is 1.42 bits per heavy atom. The molecule has 106 valence electrons. The number of halogens is 1. The predicted octanol–water partition coefficient (Wildman–Crippen LogP) is 3.23. The van der Waals surface area contributed by atoms with Gasteiger partial charge in [0.05, 0.1) is 5.69 Å². The zero-order chi connectivity index (χ0) is 13.7. The highest BCUT2D eigenvalue weighted by Gasteiger charge is 2.16. The van der Waals surface area contributed by atoms with Gasteiger partial charge in [0.1, 0.15) is 4.60 Å². The molecule has 0 radical (unpaired) electrons. The third-order valence-electron chi connectivity index (χ3n) is 4.02. The van der Waals surface area contributed by atoms with Crippen molar-refractivity contribution in [1.29, 1.82) is 0 Å². The maximum Gasteiger partial charge on any atom is 0.106 e. The van der Waals surface area contributed by atoms with Crippen LogP contribution in [0.25, 0.3) is 0 Å². The molecule has 1 unspecified atom stereocenters. The number of nitrogens with one attached hydrogen (secondary N) is 1. The second-order valence-corrected chi connectivity index (χ2v) is 6.41. The van der Waals surface area contributed by atoms with Gasteiger partial charge in [-0.25, -0.2) is 4.98 Å². The molecule has 0 saturated carbocycles. The van der Waals surface area contributed by atoms with Crippen LogP contribution in [0, 0.1) is 5.92 Å². The van der Waals surface area contributed by atoms with E-state index in [1.165, 1.54) is 32.4 Å². The summed E-state index contributed by atoms with van der Waals surface area (Å²) >= 11 is 3.42. The molecule has 4 heteroatoms. The number of likely N-dealkylation sites (tertiary alicyclic amines) is 1. The van der Waals surface area contributed by atoms with Gasteiger partial charge in [0.2, 0.25) is 0 Å². The molecular formula is C15H24BrN3. The number of aromatic nitrogens is 1. The van der Waals surface area contributed by atoms with Crippen LogP contribution in [-0.4, -0.2) is 36.6 Å². The Morgan fingerprint density at radius 3 is 2.84 bits per heavy atom. The van der Waals surface area contributed by atoms with E-state index in [4.69, 9.17) is 0 Å². The highest BCUT2D eigenvalue weighted by Crippen LogP contribution is 2.19. The minimum atomic E-state index is 0.323. The molecule has 2 rings (SSSR count). The van der Waals surface area contributed by atoms with E-state index in [9.17, 15) is 0 Å². The lowest BCUT2D eigenvalue weighted by Gasteiger charge is -2.29. The number of hydrogen-bond acceptors (Lipinski definition) is 3. The van der Waals surface area contributed by atoms with Crippen LogP contribution in [-0.2, 0) is 0 Å². The molecule has 0 bridgehead atoms. The van der Waals surface area contributed by atoms with Crippen molar-refractivity contribution in [2.45, 2.75) is 32.2 Å². The molecule has 1 aromatic heterocycles. The molecule has 1 aromatic rings. The molecule has 1 fully saturated rings. The lowest BCUT2D eigenvalue weighted by atomic mass is 9.94. The number of piperidine rings is 1. The number of rotatable bonds is 5. The number of nitrogens with zero attached hydrogens (tertiary/aromatic N) is 2. The smallest absolute Gasteiger partial charge is 0.106 e. The van der Waals surface area contributed by atoms with E-state index in [-0.39, 0.29) is 0 Å². The van der Waals surface area contributed by atoms with Gasteiger partial charge >= 0.3 is 0 Å². The maximum atomic E-state index is 4.50. The molecule has 0 aliphatic carbocycles. The first-order valence-corrected chi connectivity index (χ1v) is 7.99. The van der Waals surface area contributed by atoms with Gasteiger partial charge in [-0.05, 0) is 86.8 Å². The third-order valence-corrected chi connectivity index (χ3v) is 4.46. The minimum absolute atomic E-state index is 0.323. The summed E-state index contributed by atoms with van der Waals surface area (Å²) in [5.41, 5.74) is 1.11. The van der Waals surface area contributed by atoms with Crippen molar-refractivity contribution >= 4 is 15.9 Å². The molecule has 2 heterocycles. The van der Waals surface area contributed by atoms with Crippen LogP contribution in [0.4, 0.5) is 0 Å². The van der Waals surface area contributed by atoms with Gasteiger partial charge in [-0.3, -0.25) is 0 Å². The Morgan fingerprint density at radius 2 is 2.16 bits per heavy atom. The Bertz CT molecular complexity index is 389. The summed E-state index contributed by atoms with van der Waals surface area (Å²) in [6.07, 6.45) is 3.98. The van der Waals surface area contributed by atoms with E-state index < -0.39 is 0 Å². The Balaban J connectivity index is 1.70. The van der Waals surface area contributed by atoms with Gasteiger partial charge in [-0.2, -0.15) is 0 Å². The summed E-state index contributed by atoms with van der Waals surface area (Å²) in [5, 5.41) is 3.59. The SMILES string of the molecule is CC(NCCC1CCN(C)CC1)c1cccc(Br)n1. The van der Waals surface area contributed by atoms with Crippen molar-refractivity contribution in [3.63, 3.8) is 0 Å². The van der Waals surface area contributed by atoms with Crippen molar-refractivity contribution in [2.24, 2.45) is 5.92 Å². The lowest BCUT2D eigenvalue weighted by molar-refractivity contribution is 0.210. The highest BCUT2D eigenvalue weighted by molar-refractivity contribution is 9.10. The van der Waals surface area contributed by atoms with Crippen molar-refractivity contribution in [3.05, 3.63) is 28.5 Å². The monoisotopic (exact) mass is 325 g/mol. The fourth-order valence-electron chi connectivity index (χ4n) is 2.62. The Kier molecular flexibility index (Phi) is 5.79. The van der Waals surface area contributed by atoms with E-state index in [2.05, 4.69) is 51.2 Å². The van der Waals surface area contributed by atoms with Crippen LogP contribution in [0.1, 0.15) is 37.9 Å². The van der Waals surface area contributed by atoms with Gasteiger partial charge in [0.25, 0.3) is 0 Å². The fraction of sp³-hybridized carbons (Fsp3) is 0.667. The van der Waals surface area contributed by atoms with E-state index in [1.54, 1.807) is 0 Å². The quantitative estimate of drug-likeness (QED) is 0.842. The molecule has 0 amide bonds. The molecule has 1 aliphatic rings. The second-order valence-electron chi connectivity index (χ2n) is 5.60. The predicted molar refractivity (Wildman–Crippen MR) is 83.2 cm³/mol. The van der Waals surface area contributed by atoms with Crippen LogP contribution in [0.15, 0.2) is 22.8 Å². The number of hydrogen-bond donors (Lipinski definition) is 1. The van der Waals surface area contributed by atoms with Crippen molar-refractivity contribution < 1.29 is 0 Å². The number of pyridine rings is 1.